The molecule has 0 N–H and O–H groups in total. The highest BCUT2D eigenvalue weighted by Crippen LogP contribution is 2.31. The molecule has 0 spiro atoms. The van der Waals surface area contributed by atoms with Gasteiger partial charge in [0.25, 0.3) is 0 Å². The van der Waals surface area contributed by atoms with Crippen LogP contribution in [0.2, 0.25) is 0 Å². The van der Waals surface area contributed by atoms with Gasteiger partial charge in [0, 0.05) is 11.8 Å². The first kappa shape index (κ1) is 16.8. The van der Waals surface area contributed by atoms with Crippen LogP contribution in [0.25, 0.3) is 0 Å². The predicted molar refractivity (Wildman–Crippen MR) is 102 cm³/mol. The largest absolute Gasteiger partial charge is 0.493 e. The first-order valence-corrected chi connectivity index (χ1v) is 8.21. The summed E-state index contributed by atoms with van der Waals surface area (Å²) < 4.78 is 11.5. The molecule has 0 aromatic heterocycles. The molecule has 0 aliphatic rings. The van der Waals surface area contributed by atoms with Crippen molar-refractivity contribution in [1.82, 2.24) is 0 Å². The van der Waals surface area contributed by atoms with Crippen molar-refractivity contribution < 1.29 is 9.47 Å². The topological polar surface area (TPSA) is 30.8 Å². The summed E-state index contributed by atoms with van der Waals surface area (Å²) in [6.45, 7) is 2.54. The van der Waals surface area contributed by atoms with E-state index in [4.69, 9.17) is 9.47 Å². The van der Waals surface area contributed by atoms with Gasteiger partial charge in [0.1, 0.15) is 6.61 Å². The van der Waals surface area contributed by atoms with Crippen LogP contribution in [-0.4, -0.2) is 13.3 Å². The molecule has 0 saturated heterocycles. The zero-order chi connectivity index (χ0) is 17.5. The van der Waals surface area contributed by atoms with Crippen molar-refractivity contribution in [3.8, 4) is 11.5 Å². The maximum atomic E-state index is 6.04. The number of hydrogen-bond acceptors (Lipinski definition) is 3. The number of benzene rings is 3. The predicted octanol–water partition coefficient (Wildman–Crippen LogP) is 5.33. The number of ether oxygens (including phenoxy) is 2. The molecule has 3 nitrogen and oxygen atoms in total. The van der Waals surface area contributed by atoms with Crippen molar-refractivity contribution in [2.24, 2.45) is 4.99 Å². The molecule has 0 radical (unpaired) electrons. The third-order valence-corrected chi connectivity index (χ3v) is 3.84. The Labute approximate surface area is 148 Å². The standard InChI is InChI=1S/C22H21NO2/c1-17-11-13-20(14-12-17)23-15-19-9-6-10-21(24-2)22(19)25-16-18-7-4-3-5-8-18/h3-15H,16H2,1-2H3. The minimum atomic E-state index is 0.479. The molecule has 126 valence electrons. The molecule has 0 fully saturated rings. The summed E-state index contributed by atoms with van der Waals surface area (Å²) in [7, 11) is 1.64. The fourth-order valence-corrected chi connectivity index (χ4v) is 2.45. The summed E-state index contributed by atoms with van der Waals surface area (Å²) in [5.41, 5.74) is 4.11. The fourth-order valence-electron chi connectivity index (χ4n) is 2.45. The molecule has 0 amide bonds. The zero-order valence-corrected chi connectivity index (χ0v) is 14.5. The number of rotatable bonds is 6. The number of methoxy groups -OCH3 is 1. The molecule has 0 atom stereocenters. The highest BCUT2D eigenvalue weighted by Gasteiger charge is 2.09. The Morgan fingerprint density at radius 2 is 1.64 bits per heavy atom. The average molecular weight is 331 g/mol. The van der Waals surface area contributed by atoms with Gasteiger partial charge in [0.15, 0.2) is 11.5 Å². The maximum absolute atomic E-state index is 6.04. The van der Waals surface area contributed by atoms with E-state index in [0.29, 0.717) is 18.1 Å². The van der Waals surface area contributed by atoms with Crippen molar-refractivity contribution in [3.05, 3.63) is 89.5 Å². The molecule has 0 saturated carbocycles. The maximum Gasteiger partial charge on any atom is 0.170 e. The summed E-state index contributed by atoms with van der Waals surface area (Å²) in [4.78, 5) is 4.55. The van der Waals surface area contributed by atoms with Crippen molar-refractivity contribution in [3.63, 3.8) is 0 Å². The smallest absolute Gasteiger partial charge is 0.170 e. The number of aryl methyl sites for hydroxylation is 1. The molecule has 3 heteroatoms. The molecule has 0 aliphatic heterocycles. The Hall–Kier alpha value is -3.07. The van der Waals surface area contributed by atoms with Gasteiger partial charge in [-0.25, -0.2) is 0 Å². The van der Waals surface area contributed by atoms with Crippen LogP contribution < -0.4 is 9.47 Å². The summed E-state index contributed by atoms with van der Waals surface area (Å²) in [5.74, 6) is 1.40. The summed E-state index contributed by atoms with van der Waals surface area (Å²) >= 11 is 0. The number of hydrogen-bond donors (Lipinski definition) is 0. The second-order valence-electron chi connectivity index (χ2n) is 5.75. The minimum Gasteiger partial charge on any atom is -0.493 e. The van der Waals surface area contributed by atoms with Gasteiger partial charge in [-0.3, -0.25) is 4.99 Å². The first-order chi connectivity index (χ1) is 12.3. The monoisotopic (exact) mass is 331 g/mol. The molecule has 0 unspecified atom stereocenters. The lowest BCUT2D eigenvalue weighted by Gasteiger charge is -2.13. The van der Waals surface area contributed by atoms with Crippen molar-refractivity contribution in [2.45, 2.75) is 13.5 Å². The number of aliphatic imine (C=N–C) groups is 1. The SMILES string of the molecule is COc1cccc(C=Nc2ccc(C)cc2)c1OCc1ccccc1. The third kappa shape index (κ3) is 4.48. The lowest BCUT2D eigenvalue weighted by Crippen LogP contribution is -2.00. The van der Waals surface area contributed by atoms with E-state index in [1.165, 1.54) is 5.56 Å². The lowest BCUT2D eigenvalue weighted by atomic mass is 10.2. The van der Waals surface area contributed by atoms with Crippen LogP contribution in [0.4, 0.5) is 5.69 Å². The lowest BCUT2D eigenvalue weighted by molar-refractivity contribution is 0.284. The van der Waals surface area contributed by atoms with Crippen LogP contribution in [0.15, 0.2) is 77.8 Å². The van der Waals surface area contributed by atoms with E-state index < -0.39 is 0 Å². The van der Waals surface area contributed by atoms with Crippen molar-refractivity contribution >= 4 is 11.9 Å². The van der Waals surface area contributed by atoms with Crippen LogP contribution >= 0.6 is 0 Å². The van der Waals surface area contributed by atoms with Gasteiger partial charge < -0.3 is 9.47 Å². The third-order valence-electron chi connectivity index (χ3n) is 3.84. The van der Waals surface area contributed by atoms with Crippen molar-refractivity contribution in [1.29, 1.82) is 0 Å². The second kappa shape index (κ2) is 8.15. The highest BCUT2D eigenvalue weighted by molar-refractivity contribution is 5.86. The van der Waals surface area contributed by atoms with Crippen LogP contribution in [0.3, 0.4) is 0 Å². The summed E-state index contributed by atoms with van der Waals surface area (Å²) in [6.07, 6.45) is 1.81. The average Bonchev–Trinajstić information content (AvgIpc) is 2.67. The van der Waals surface area contributed by atoms with E-state index in [1.54, 1.807) is 7.11 Å². The molecular weight excluding hydrogens is 310 g/mol. The second-order valence-corrected chi connectivity index (χ2v) is 5.75. The van der Waals surface area contributed by atoms with Gasteiger partial charge in [0.05, 0.1) is 12.8 Å². The zero-order valence-electron chi connectivity index (χ0n) is 14.5. The molecule has 25 heavy (non-hydrogen) atoms. The van der Waals surface area contributed by atoms with Gasteiger partial charge in [-0.15, -0.1) is 0 Å². The van der Waals surface area contributed by atoms with Gasteiger partial charge in [-0.05, 0) is 36.8 Å². The van der Waals surface area contributed by atoms with Gasteiger partial charge in [-0.2, -0.15) is 0 Å². The van der Waals surface area contributed by atoms with Gasteiger partial charge in [-0.1, -0.05) is 54.1 Å². The van der Waals surface area contributed by atoms with E-state index in [0.717, 1.165) is 16.8 Å². The fraction of sp³-hybridized carbons (Fsp3) is 0.136. The number of para-hydroxylation sites is 1. The molecule has 3 aromatic rings. The van der Waals surface area contributed by atoms with E-state index in [1.807, 2.05) is 79.0 Å². The van der Waals surface area contributed by atoms with Crippen LogP contribution in [0.1, 0.15) is 16.7 Å². The van der Waals surface area contributed by atoms with E-state index in [9.17, 15) is 0 Å². The Balaban J connectivity index is 1.84. The minimum absolute atomic E-state index is 0.479. The Bertz CT molecular complexity index is 840. The van der Waals surface area contributed by atoms with Crippen LogP contribution in [0, 0.1) is 6.92 Å². The van der Waals surface area contributed by atoms with E-state index >= 15 is 0 Å². The molecule has 3 rings (SSSR count). The van der Waals surface area contributed by atoms with E-state index in [-0.39, 0.29) is 0 Å². The van der Waals surface area contributed by atoms with Crippen LogP contribution in [0.5, 0.6) is 11.5 Å². The quantitative estimate of drug-likeness (QED) is 0.571. The molecule has 3 aromatic carbocycles. The Morgan fingerprint density at radius 1 is 0.880 bits per heavy atom. The van der Waals surface area contributed by atoms with E-state index in [2.05, 4.69) is 11.9 Å². The Kier molecular flexibility index (Phi) is 5.47. The summed E-state index contributed by atoms with van der Waals surface area (Å²) in [6, 6.07) is 24.0. The molecule has 0 bridgehead atoms. The molecule has 0 aliphatic carbocycles. The molecule has 0 heterocycles. The van der Waals surface area contributed by atoms with Crippen molar-refractivity contribution in [2.75, 3.05) is 7.11 Å². The van der Waals surface area contributed by atoms with Gasteiger partial charge in [0.2, 0.25) is 0 Å². The highest BCUT2D eigenvalue weighted by atomic mass is 16.5. The molecular formula is C22H21NO2. The van der Waals surface area contributed by atoms with Gasteiger partial charge >= 0.3 is 0 Å². The normalized spacial score (nSPS) is 10.8. The Morgan fingerprint density at radius 3 is 2.36 bits per heavy atom. The summed E-state index contributed by atoms with van der Waals surface area (Å²) in [5, 5.41) is 0. The first-order valence-electron chi connectivity index (χ1n) is 8.21. The van der Waals surface area contributed by atoms with Crippen LogP contribution in [-0.2, 0) is 6.61 Å². The number of nitrogens with zero attached hydrogens (tertiary/aromatic N) is 1.